The van der Waals surface area contributed by atoms with Gasteiger partial charge in [0.1, 0.15) is 7.22 Å². The Kier molecular flexibility index (Phi) is 5.84. The number of hydrogen-bond acceptors (Lipinski definition) is 2. The average molecular weight is 251 g/mol. The zero-order valence-corrected chi connectivity index (χ0v) is 12.3. The van der Waals surface area contributed by atoms with Crippen LogP contribution in [0.1, 0.15) is 12.0 Å². The Labute approximate surface area is 104 Å². The van der Waals surface area contributed by atoms with E-state index in [1.165, 1.54) is 17.7 Å². The van der Waals surface area contributed by atoms with E-state index in [0.29, 0.717) is 0 Å². The third-order valence-corrected chi connectivity index (χ3v) is 6.58. The number of rotatable bonds is 6. The second-order valence-corrected chi connectivity index (χ2v) is 14.2. The molecule has 0 aliphatic heterocycles. The Balaban J connectivity index is 2.14. The first kappa shape index (κ1) is 13.5. The van der Waals surface area contributed by atoms with E-state index in [1.54, 1.807) is 0 Å². The molecule has 3 heteroatoms. The van der Waals surface area contributed by atoms with E-state index in [0.717, 1.165) is 6.54 Å². The Hall–Kier alpha value is -0.543. The highest BCUT2D eigenvalue weighted by Crippen LogP contribution is 2.19. The third-order valence-electron chi connectivity index (χ3n) is 2.01. The van der Waals surface area contributed by atoms with Crippen LogP contribution in [-0.4, -0.2) is 25.7 Å². The van der Waals surface area contributed by atoms with Crippen molar-refractivity contribution in [2.24, 2.45) is 4.99 Å². The van der Waals surface area contributed by atoms with Gasteiger partial charge >= 0.3 is 0 Å². The number of benzene rings is 1. The van der Waals surface area contributed by atoms with E-state index < -0.39 is 7.22 Å². The van der Waals surface area contributed by atoms with Crippen molar-refractivity contribution in [3.63, 3.8) is 0 Å². The zero-order chi connectivity index (χ0) is 11.9. The fourth-order valence-electron chi connectivity index (χ4n) is 1.24. The first-order chi connectivity index (χ1) is 7.58. The molecule has 1 rings (SSSR count). The SMILES string of the molecule is C[Si](C)(C)SCCCN=Cc1ccccc1. The summed E-state index contributed by atoms with van der Waals surface area (Å²) in [6.45, 7) is 8.13. The van der Waals surface area contributed by atoms with Crippen LogP contribution in [0.3, 0.4) is 0 Å². The highest BCUT2D eigenvalue weighted by Gasteiger charge is 2.12. The second-order valence-electron chi connectivity index (χ2n) is 4.76. The van der Waals surface area contributed by atoms with Crippen LogP contribution in [0.2, 0.25) is 19.6 Å². The molecule has 0 fully saturated rings. The maximum Gasteiger partial charge on any atom is 0.108 e. The summed E-state index contributed by atoms with van der Waals surface area (Å²) in [6, 6.07) is 10.3. The quantitative estimate of drug-likeness (QED) is 0.422. The van der Waals surface area contributed by atoms with E-state index in [-0.39, 0.29) is 0 Å². The summed E-state index contributed by atoms with van der Waals surface area (Å²) in [7, 11) is -0.917. The number of hydrogen-bond donors (Lipinski definition) is 0. The van der Waals surface area contributed by atoms with Gasteiger partial charge < -0.3 is 0 Å². The van der Waals surface area contributed by atoms with E-state index in [4.69, 9.17) is 0 Å². The van der Waals surface area contributed by atoms with Crippen LogP contribution in [0.4, 0.5) is 0 Å². The monoisotopic (exact) mass is 251 g/mol. The van der Waals surface area contributed by atoms with E-state index in [2.05, 4.69) is 48.0 Å². The third kappa shape index (κ3) is 6.85. The molecular formula is C13H21NSSi. The molecule has 0 bridgehead atoms. The van der Waals surface area contributed by atoms with Crippen LogP contribution in [0.25, 0.3) is 0 Å². The van der Waals surface area contributed by atoms with Gasteiger partial charge in [-0.15, -0.1) is 0 Å². The van der Waals surface area contributed by atoms with Gasteiger partial charge in [0.2, 0.25) is 0 Å². The first-order valence-electron chi connectivity index (χ1n) is 5.77. The molecule has 1 aromatic carbocycles. The maximum absolute atomic E-state index is 4.44. The predicted molar refractivity (Wildman–Crippen MR) is 79.3 cm³/mol. The number of nitrogens with zero attached hydrogens (tertiary/aromatic N) is 1. The van der Waals surface area contributed by atoms with Crippen molar-refractivity contribution >= 4 is 24.6 Å². The molecule has 0 saturated carbocycles. The first-order valence-corrected chi connectivity index (χ1v) is 11.0. The van der Waals surface area contributed by atoms with Crippen LogP contribution in [0.5, 0.6) is 0 Å². The summed E-state index contributed by atoms with van der Waals surface area (Å²) in [4.78, 5) is 4.44. The van der Waals surface area contributed by atoms with E-state index >= 15 is 0 Å². The highest BCUT2D eigenvalue weighted by molar-refractivity contribution is 8.28. The molecule has 0 radical (unpaired) electrons. The van der Waals surface area contributed by atoms with Crippen molar-refractivity contribution < 1.29 is 0 Å². The van der Waals surface area contributed by atoms with Crippen LogP contribution in [0, 0.1) is 0 Å². The fraction of sp³-hybridized carbons (Fsp3) is 0.462. The molecule has 0 aromatic heterocycles. The Bertz CT molecular complexity index is 316. The smallest absolute Gasteiger partial charge is 0.108 e. The number of aliphatic imine (C=N–C) groups is 1. The normalized spacial score (nSPS) is 12.2. The van der Waals surface area contributed by atoms with Crippen molar-refractivity contribution in [3.05, 3.63) is 35.9 Å². The van der Waals surface area contributed by atoms with Crippen LogP contribution >= 0.6 is 11.2 Å². The summed E-state index contributed by atoms with van der Waals surface area (Å²) in [5.41, 5.74) is 1.19. The van der Waals surface area contributed by atoms with Crippen molar-refractivity contribution in [2.45, 2.75) is 26.1 Å². The lowest BCUT2D eigenvalue weighted by Crippen LogP contribution is -2.14. The average Bonchev–Trinajstić information content (AvgIpc) is 2.23. The van der Waals surface area contributed by atoms with Gasteiger partial charge in [0.25, 0.3) is 0 Å². The van der Waals surface area contributed by atoms with Gasteiger partial charge in [-0.25, -0.2) is 0 Å². The minimum atomic E-state index is -0.917. The Morgan fingerprint density at radius 1 is 1.19 bits per heavy atom. The second kappa shape index (κ2) is 6.92. The fourth-order valence-corrected chi connectivity index (χ4v) is 4.40. The largest absolute Gasteiger partial charge is 0.293 e. The van der Waals surface area contributed by atoms with Gasteiger partial charge in [-0.1, -0.05) is 50.0 Å². The van der Waals surface area contributed by atoms with Crippen molar-refractivity contribution in [3.8, 4) is 0 Å². The Morgan fingerprint density at radius 3 is 2.50 bits per heavy atom. The van der Waals surface area contributed by atoms with Gasteiger partial charge in [0.05, 0.1) is 0 Å². The summed E-state index contributed by atoms with van der Waals surface area (Å²) < 4.78 is 0. The predicted octanol–water partition coefficient (Wildman–Crippen LogP) is 4.06. The molecule has 0 aliphatic carbocycles. The molecule has 0 atom stereocenters. The zero-order valence-electron chi connectivity index (χ0n) is 10.4. The van der Waals surface area contributed by atoms with Crippen LogP contribution in [-0.2, 0) is 0 Å². The standard InChI is InChI=1S/C13H21NSSi/c1-16(2,3)15-11-7-10-14-12-13-8-5-4-6-9-13/h4-6,8-9,12H,7,10-11H2,1-3H3. The van der Waals surface area contributed by atoms with E-state index in [9.17, 15) is 0 Å². The van der Waals surface area contributed by atoms with Gasteiger partial charge in [0, 0.05) is 12.8 Å². The molecule has 0 heterocycles. The van der Waals surface area contributed by atoms with Crippen LogP contribution < -0.4 is 0 Å². The van der Waals surface area contributed by atoms with Crippen molar-refractivity contribution in [2.75, 3.05) is 12.3 Å². The molecule has 1 aromatic rings. The van der Waals surface area contributed by atoms with Gasteiger partial charge in [-0.05, 0) is 17.7 Å². The lowest BCUT2D eigenvalue weighted by molar-refractivity contribution is 0.950. The van der Waals surface area contributed by atoms with Crippen molar-refractivity contribution in [1.29, 1.82) is 0 Å². The van der Waals surface area contributed by atoms with Crippen molar-refractivity contribution in [1.82, 2.24) is 0 Å². The summed E-state index contributed by atoms with van der Waals surface area (Å²) in [5, 5.41) is 0. The molecule has 0 N–H and O–H groups in total. The minimum absolute atomic E-state index is 0.917. The molecule has 0 amide bonds. The lowest BCUT2D eigenvalue weighted by Gasteiger charge is -2.13. The lowest BCUT2D eigenvalue weighted by atomic mass is 10.2. The molecule has 0 unspecified atom stereocenters. The summed E-state index contributed by atoms with van der Waals surface area (Å²) in [5.74, 6) is 1.25. The van der Waals surface area contributed by atoms with Gasteiger partial charge in [-0.3, -0.25) is 4.99 Å². The van der Waals surface area contributed by atoms with Gasteiger partial charge in [-0.2, -0.15) is 11.2 Å². The molecule has 0 spiro atoms. The summed E-state index contributed by atoms with van der Waals surface area (Å²) in [6.07, 6.45) is 3.16. The molecule has 1 nitrogen and oxygen atoms in total. The topological polar surface area (TPSA) is 12.4 Å². The van der Waals surface area contributed by atoms with E-state index in [1.807, 2.05) is 24.4 Å². The highest BCUT2D eigenvalue weighted by atomic mass is 32.4. The van der Waals surface area contributed by atoms with Crippen LogP contribution in [0.15, 0.2) is 35.3 Å². The maximum atomic E-state index is 4.44. The summed E-state index contributed by atoms with van der Waals surface area (Å²) >= 11 is 2.14. The Morgan fingerprint density at radius 2 is 1.88 bits per heavy atom. The molecule has 0 aliphatic rings. The molecule has 0 saturated heterocycles. The van der Waals surface area contributed by atoms with Gasteiger partial charge in [0.15, 0.2) is 0 Å². The molecular weight excluding hydrogens is 230 g/mol. The minimum Gasteiger partial charge on any atom is -0.293 e. The molecule has 88 valence electrons. The molecule has 16 heavy (non-hydrogen) atoms.